The molecule has 0 bridgehead atoms. The van der Waals surface area contributed by atoms with E-state index in [4.69, 9.17) is 5.73 Å². The van der Waals surface area contributed by atoms with Crippen molar-refractivity contribution < 1.29 is 5.11 Å². The molecule has 16 heavy (non-hydrogen) atoms. The van der Waals surface area contributed by atoms with Gasteiger partial charge in [-0.3, -0.25) is 4.57 Å². The van der Waals surface area contributed by atoms with Gasteiger partial charge in [0.05, 0.1) is 11.8 Å². The molecular formula is C11H13N3O2. The lowest BCUT2D eigenvalue weighted by Crippen LogP contribution is -2.15. The molecule has 84 valence electrons. The Hall–Kier alpha value is -1.85. The Labute approximate surface area is 92.2 Å². The number of aromatic nitrogens is 2. The normalized spacial score (nSPS) is 12.6. The van der Waals surface area contributed by atoms with Gasteiger partial charge >= 0.3 is 5.69 Å². The van der Waals surface area contributed by atoms with Gasteiger partial charge in [0.2, 0.25) is 0 Å². The number of nitrogens with one attached hydrogen (secondary N) is 1. The molecule has 0 fully saturated rings. The first-order valence-electron chi connectivity index (χ1n) is 4.97. The highest BCUT2D eigenvalue weighted by Gasteiger charge is 2.06. The van der Waals surface area contributed by atoms with Crippen molar-refractivity contribution in [2.75, 3.05) is 6.54 Å². The lowest BCUT2D eigenvalue weighted by atomic mass is 10.1. The molecule has 0 aliphatic heterocycles. The molecule has 1 aromatic carbocycles. The summed E-state index contributed by atoms with van der Waals surface area (Å²) in [5, 5.41) is 9.60. The standard InChI is InChI=1S/C11H13N3O2/c12-7-10(15)8-2-1-3-9(6-8)14-5-4-13-11(14)16/h1-6,10,15H,7,12H2,(H,13,16). The molecule has 0 spiro atoms. The van der Waals surface area contributed by atoms with Gasteiger partial charge in [-0.2, -0.15) is 0 Å². The fourth-order valence-electron chi connectivity index (χ4n) is 1.54. The van der Waals surface area contributed by atoms with Crippen molar-refractivity contribution in [2.45, 2.75) is 6.10 Å². The van der Waals surface area contributed by atoms with Crippen LogP contribution >= 0.6 is 0 Å². The average Bonchev–Trinajstić information content (AvgIpc) is 2.74. The summed E-state index contributed by atoms with van der Waals surface area (Å²) in [6.45, 7) is 0.158. The van der Waals surface area contributed by atoms with Crippen molar-refractivity contribution in [3.63, 3.8) is 0 Å². The molecule has 0 radical (unpaired) electrons. The minimum Gasteiger partial charge on any atom is -0.387 e. The van der Waals surface area contributed by atoms with Crippen LogP contribution in [-0.4, -0.2) is 21.2 Å². The second-order valence-electron chi connectivity index (χ2n) is 3.48. The summed E-state index contributed by atoms with van der Waals surface area (Å²) in [6.07, 6.45) is 2.50. The second kappa shape index (κ2) is 4.34. The van der Waals surface area contributed by atoms with Crippen LogP contribution in [0.3, 0.4) is 0 Å². The van der Waals surface area contributed by atoms with Gasteiger partial charge in [0.1, 0.15) is 0 Å². The van der Waals surface area contributed by atoms with Crippen LogP contribution in [-0.2, 0) is 0 Å². The molecule has 4 N–H and O–H groups in total. The minimum atomic E-state index is -0.699. The maximum atomic E-state index is 11.4. The molecule has 5 nitrogen and oxygen atoms in total. The molecule has 2 aromatic rings. The monoisotopic (exact) mass is 219 g/mol. The predicted octanol–water partition coefficient (Wildman–Crippen LogP) is 0.158. The van der Waals surface area contributed by atoms with Crippen molar-refractivity contribution in [1.82, 2.24) is 9.55 Å². The van der Waals surface area contributed by atoms with E-state index in [2.05, 4.69) is 4.98 Å². The van der Waals surface area contributed by atoms with E-state index in [0.717, 1.165) is 0 Å². The maximum Gasteiger partial charge on any atom is 0.330 e. The lowest BCUT2D eigenvalue weighted by Gasteiger charge is -2.09. The van der Waals surface area contributed by atoms with Gasteiger partial charge in [-0.05, 0) is 17.7 Å². The first-order valence-corrected chi connectivity index (χ1v) is 4.97. The molecule has 1 unspecified atom stereocenters. The number of imidazole rings is 1. The van der Waals surface area contributed by atoms with E-state index in [1.807, 2.05) is 0 Å². The predicted molar refractivity (Wildman–Crippen MR) is 60.4 cm³/mol. The Morgan fingerprint density at radius 3 is 2.94 bits per heavy atom. The van der Waals surface area contributed by atoms with Crippen LogP contribution in [0.25, 0.3) is 5.69 Å². The van der Waals surface area contributed by atoms with E-state index in [0.29, 0.717) is 11.3 Å². The third kappa shape index (κ3) is 1.91. The van der Waals surface area contributed by atoms with Crippen LogP contribution in [0.15, 0.2) is 41.5 Å². The largest absolute Gasteiger partial charge is 0.387 e. The number of benzene rings is 1. The molecule has 1 aromatic heterocycles. The number of aliphatic hydroxyl groups is 1. The molecule has 1 atom stereocenters. The van der Waals surface area contributed by atoms with E-state index in [-0.39, 0.29) is 12.2 Å². The Morgan fingerprint density at radius 2 is 2.31 bits per heavy atom. The Kier molecular flexibility index (Phi) is 2.89. The number of nitrogens with zero attached hydrogens (tertiary/aromatic N) is 1. The van der Waals surface area contributed by atoms with Gasteiger partial charge in [0.15, 0.2) is 0 Å². The number of hydrogen-bond donors (Lipinski definition) is 3. The van der Waals surface area contributed by atoms with E-state index in [9.17, 15) is 9.90 Å². The maximum absolute atomic E-state index is 11.4. The van der Waals surface area contributed by atoms with Gasteiger partial charge < -0.3 is 15.8 Å². The zero-order chi connectivity index (χ0) is 11.5. The van der Waals surface area contributed by atoms with Gasteiger partial charge in [-0.15, -0.1) is 0 Å². The Morgan fingerprint density at radius 1 is 1.50 bits per heavy atom. The highest BCUT2D eigenvalue weighted by Crippen LogP contribution is 2.15. The minimum absolute atomic E-state index is 0.158. The Balaban J connectivity index is 2.44. The molecule has 0 aliphatic rings. The molecule has 1 heterocycles. The molecule has 5 heteroatoms. The highest BCUT2D eigenvalue weighted by atomic mass is 16.3. The van der Waals surface area contributed by atoms with E-state index in [1.54, 1.807) is 36.7 Å². The fourth-order valence-corrected chi connectivity index (χ4v) is 1.54. The summed E-state index contributed by atoms with van der Waals surface area (Å²) < 4.78 is 1.47. The summed E-state index contributed by atoms with van der Waals surface area (Å²) in [4.78, 5) is 13.9. The van der Waals surface area contributed by atoms with Gasteiger partial charge in [0.25, 0.3) is 0 Å². The number of hydrogen-bond acceptors (Lipinski definition) is 3. The highest BCUT2D eigenvalue weighted by molar-refractivity contribution is 5.36. The van der Waals surface area contributed by atoms with E-state index < -0.39 is 6.10 Å². The molecule has 0 saturated carbocycles. The fraction of sp³-hybridized carbons (Fsp3) is 0.182. The summed E-state index contributed by atoms with van der Waals surface area (Å²) in [5.74, 6) is 0. The van der Waals surface area contributed by atoms with Crippen LogP contribution < -0.4 is 11.4 Å². The van der Waals surface area contributed by atoms with Crippen LogP contribution in [0.2, 0.25) is 0 Å². The average molecular weight is 219 g/mol. The SMILES string of the molecule is NCC(O)c1cccc(-n2cc[nH]c2=O)c1. The first-order chi connectivity index (χ1) is 7.72. The zero-order valence-electron chi connectivity index (χ0n) is 8.63. The summed E-state index contributed by atoms with van der Waals surface area (Å²) in [6, 6.07) is 7.09. The molecule has 0 aliphatic carbocycles. The van der Waals surface area contributed by atoms with Crippen molar-refractivity contribution in [1.29, 1.82) is 0 Å². The second-order valence-corrected chi connectivity index (χ2v) is 3.48. The Bertz CT molecular complexity index is 530. The van der Waals surface area contributed by atoms with Crippen LogP contribution in [0.4, 0.5) is 0 Å². The summed E-state index contributed by atoms with van der Waals surface area (Å²) in [5.41, 5.74) is 6.58. The van der Waals surface area contributed by atoms with Crippen molar-refractivity contribution in [2.24, 2.45) is 5.73 Å². The molecule has 0 amide bonds. The number of rotatable bonds is 3. The third-order valence-electron chi connectivity index (χ3n) is 2.41. The number of aromatic amines is 1. The van der Waals surface area contributed by atoms with Crippen LogP contribution in [0, 0.1) is 0 Å². The lowest BCUT2D eigenvalue weighted by molar-refractivity contribution is 0.186. The van der Waals surface area contributed by atoms with E-state index in [1.165, 1.54) is 4.57 Å². The van der Waals surface area contributed by atoms with E-state index >= 15 is 0 Å². The summed E-state index contributed by atoms with van der Waals surface area (Å²) in [7, 11) is 0. The quantitative estimate of drug-likeness (QED) is 0.687. The van der Waals surface area contributed by atoms with Crippen LogP contribution in [0.5, 0.6) is 0 Å². The first kappa shape index (κ1) is 10.7. The summed E-state index contributed by atoms with van der Waals surface area (Å²) >= 11 is 0. The van der Waals surface area contributed by atoms with Crippen LogP contribution in [0.1, 0.15) is 11.7 Å². The number of nitrogens with two attached hydrogens (primary N) is 1. The van der Waals surface area contributed by atoms with Gasteiger partial charge in [0, 0.05) is 18.9 Å². The van der Waals surface area contributed by atoms with Crippen molar-refractivity contribution >= 4 is 0 Å². The van der Waals surface area contributed by atoms with Crippen molar-refractivity contribution in [3.05, 3.63) is 52.7 Å². The van der Waals surface area contributed by atoms with Gasteiger partial charge in [-0.1, -0.05) is 12.1 Å². The molecule has 2 rings (SSSR count). The smallest absolute Gasteiger partial charge is 0.330 e. The molecule has 0 saturated heterocycles. The third-order valence-corrected chi connectivity index (χ3v) is 2.41. The number of aliphatic hydroxyl groups excluding tert-OH is 1. The zero-order valence-corrected chi connectivity index (χ0v) is 8.63. The molecular weight excluding hydrogens is 206 g/mol. The van der Waals surface area contributed by atoms with Gasteiger partial charge in [-0.25, -0.2) is 4.79 Å². The topological polar surface area (TPSA) is 84.0 Å². The van der Waals surface area contributed by atoms with Crippen molar-refractivity contribution in [3.8, 4) is 5.69 Å². The number of H-pyrrole nitrogens is 1.